The van der Waals surface area contributed by atoms with Crippen LogP contribution in [0.4, 0.5) is 0 Å². The minimum atomic E-state index is -0.878. The number of piperidine rings is 1. The predicted molar refractivity (Wildman–Crippen MR) is 78.9 cm³/mol. The van der Waals surface area contributed by atoms with Crippen LogP contribution in [0.25, 0.3) is 0 Å². The summed E-state index contributed by atoms with van der Waals surface area (Å²) >= 11 is 0. The first-order chi connectivity index (χ1) is 10.5. The largest absolute Gasteiger partial charge is 0.468 e. The van der Waals surface area contributed by atoms with Gasteiger partial charge < -0.3 is 20.5 Å². The van der Waals surface area contributed by atoms with E-state index in [1.54, 1.807) is 4.90 Å². The molecule has 2 aliphatic rings. The number of carbonyl (C=O) groups excluding carboxylic acids is 2. The number of hydrogen-bond acceptors (Lipinski definition) is 4. The van der Waals surface area contributed by atoms with Crippen LogP contribution < -0.4 is 10.5 Å². The Hall–Kier alpha value is -2.08. The number of fused-ring (bicyclic) bond motifs is 4. The molecule has 2 bridgehead atoms. The third-order valence-corrected chi connectivity index (χ3v) is 4.60. The molecule has 3 unspecified atom stereocenters. The van der Waals surface area contributed by atoms with E-state index < -0.39 is 17.6 Å². The van der Waals surface area contributed by atoms with Crippen LogP contribution >= 0.6 is 0 Å². The lowest BCUT2D eigenvalue weighted by Crippen LogP contribution is -2.64. The van der Waals surface area contributed by atoms with Crippen LogP contribution in [0, 0.1) is 5.92 Å². The van der Waals surface area contributed by atoms with Crippen LogP contribution in [-0.2, 0) is 9.59 Å². The predicted octanol–water partition coefficient (Wildman–Crippen LogP) is 0.595. The SMILES string of the molecule is CC12CC(c3ccccc3O1)C(C(N)=O)C(=O)N2CCCO. The number of amides is 2. The number of para-hydroxylation sites is 1. The fourth-order valence-electron chi connectivity index (χ4n) is 3.61. The molecule has 2 heterocycles. The summed E-state index contributed by atoms with van der Waals surface area (Å²) in [6, 6.07) is 7.46. The maximum Gasteiger partial charge on any atom is 0.238 e. The van der Waals surface area contributed by atoms with Crippen LogP contribution in [-0.4, -0.2) is 40.7 Å². The topological polar surface area (TPSA) is 92.9 Å². The molecule has 2 amide bonds. The van der Waals surface area contributed by atoms with E-state index in [2.05, 4.69) is 0 Å². The molecule has 1 saturated heterocycles. The van der Waals surface area contributed by atoms with Gasteiger partial charge in [0.2, 0.25) is 11.8 Å². The molecule has 3 rings (SSSR count). The molecule has 0 saturated carbocycles. The van der Waals surface area contributed by atoms with Crippen LogP contribution in [0.3, 0.4) is 0 Å². The lowest BCUT2D eigenvalue weighted by atomic mass is 9.73. The van der Waals surface area contributed by atoms with Crippen molar-refractivity contribution < 1.29 is 19.4 Å². The number of benzene rings is 1. The van der Waals surface area contributed by atoms with Crippen molar-refractivity contribution in [2.24, 2.45) is 11.7 Å². The van der Waals surface area contributed by atoms with E-state index in [0.29, 0.717) is 25.1 Å². The highest BCUT2D eigenvalue weighted by molar-refractivity contribution is 6.01. The molecule has 3 N–H and O–H groups in total. The zero-order valence-corrected chi connectivity index (χ0v) is 12.5. The molecule has 0 radical (unpaired) electrons. The quantitative estimate of drug-likeness (QED) is 0.796. The maximum atomic E-state index is 12.8. The van der Waals surface area contributed by atoms with E-state index in [4.69, 9.17) is 15.6 Å². The van der Waals surface area contributed by atoms with Crippen molar-refractivity contribution in [2.45, 2.75) is 31.4 Å². The van der Waals surface area contributed by atoms with Crippen molar-refractivity contribution in [3.8, 4) is 5.75 Å². The zero-order valence-electron chi connectivity index (χ0n) is 12.5. The number of carbonyl (C=O) groups is 2. The summed E-state index contributed by atoms with van der Waals surface area (Å²) < 4.78 is 6.07. The summed E-state index contributed by atoms with van der Waals surface area (Å²) in [5.74, 6) is -1.37. The monoisotopic (exact) mass is 304 g/mol. The minimum Gasteiger partial charge on any atom is -0.468 e. The van der Waals surface area contributed by atoms with Gasteiger partial charge in [0.15, 0.2) is 5.72 Å². The highest BCUT2D eigenvalue weighted by Crippen LogP contribution is 2.49. The Morgan fingerprint density at radius 2 is 2.23 bits per heavy atom. The zero-order chi connectivity index (χ0) is 15.9. The number of nitrogens with zero attached hydrogens (tertiary/aromatic N) is 1. The van der Waals surface area contributed by atoms with Crippen molar-refractivity contribution in [2.75, 3.05) is 13.2 Å². The maximum absolute atomic E-state index is 12.8. The van der Waals surface area contributed by atoms with Crippen LogP contribution in [0.1, 0.15) is 31.2 Å². The number of aliphatic hydroxyl groups is 1. The van der Waals surface area contributed by atoms with E-state index in [1.165, 1.54) is 0 Å². The number of hydrogen-bond donors (Lipinski definition) is 2. The van der Waals surface area contributed by atoms with Gasteiger partial charge in [0.05, 0.1) is 0 Å². The Labute approximate surface area is 128 Å². The molecule has 118 valence electrons. The Morgan fingerprint density at radius 3 is 2.91 bits per heavy atom. The Balaban J connectivity index is 2.07. The number of aliphatic hydroxyl groups excluding tert-OH is 1. The summed E-state index contributed by atoms with van der Waals surface area (Å²) in [4.78, 5) is 26.2. The minimum absolute atomic E-state index is 0.0267. The van der Waals surface area contributed by atoms with Gasteiger partial charge in [0.1, 0.15) is 11.7 Å². The van der Waals surface area contributed by atoms with Crippen molar-refractivity contribution >= 4 is 11.8 Å². The molecule has 2 aliphatic heterocycles. The third-order valence-electron chi connectivity index (χ3n) is 4.60. The molecule has 1 aromatic carbocycles. The number of rotatable bonds is 4. The molecular weight excluding hydrogens is 284 g/mol. The average Bonchev–Trinajstić information content (AvgIpc) is 2.46. The molecule has 6 nitrogen and oxygen atoms in total. The third kappa shape index (κ3) is 2.14. The highest BCUT2D eigenvalue weighted by atomic mass is 16.5. The van der Waals surface area contributed by atoms with Crippen LogP contribution in [0.5, 0.6) is 5.75 Å². The van der Waals surface area contributed by atoms with E-state index in [0.717, 1.165) is 5.56 Å². The van der Waals surface area contributed by atoms with Gasteiger partial charge in [-0.15, -0.1) is 0 Å². The summed E-state index contributed by atoms with van der Waals surface area (Å²) in [6.45, 7) is 2.16. The number of likely N-dealkylation sites (tertiary alicyclic amines) is 1. The van der Waals surface area contributed by atoms with Crippen molar-refractivity contribution in [3.63, 3.8) is 0 Å². The van der Waals surface area contributed by atoms with Gasteiger partial charge in [-0.1, -0.05) is 18.2 Å². The summed E-state index contributed by atoms with van der Waals surface area (Å²) in [6.07, 6.45) is 0.956. The highest BCUT2D eigenvalue weighted by Gasteiger charge is 2.55. The number of nitrogens with two attached hydrogens (primary N) is 1. The first-order valence-corrected chi connectivity index (χ1v) is 7.47. The molecule has 0 spiro atoms. The van der Waals surface area contributed by atoms with Crippen molar-refractivity contribution in [3.05, 3.63) is 29.8 Å². The van der Waals surface area contributed by atoms with Gasteiger partial charge in [-0.25, -0.2) is 0 Å². The second kappa shape index (κ2) is 5.28. The Morgan fingerprint density at radius 1 is 1.50 bits per heavy atom. The standard InChI is InChI=1S/C16H20N2O4/c1-16-9-11(10-5-2-3-6-12(10)22-16)13(14(17)20)15(21)18(16)7-4-8-19/h2-3,5-6,11,13,19H,4,7-9H2,1H3,(H2,17,20). The summed E-state index contributed by atoms with van der Waals surface area (Å²) in [5, 5.41) is 9.05. The Kier molecular flexibility index (Phi) is 3.56. The van der Waals surface area contributed by atoms with E-state index >= 15 is 0 Å². The smallest absolute Gasteiger partial charge is 0.238 e. The van der Waals surface area contributed by atoms with Gasteiger partial charge >= 0.3 is 0 Å². The second-order valence-corrected chi connectivity index (χ2v) is 6.07. The van der Waals surface area contributed by atoms with Gasteiger partial charge in [0.25, 0.3) is 0 Å². The van der Waals surface area contributed by atoms with E-state index in [9.17, 15) is 9.59 Å². The molecule has 1 fully saturated rings. The molecule has 22 heavy (non-hydrogen) atoms. The molecule has 1 aromatic rings. The summed E-state index contributed by atoms with van der Waals surface area (Å²) in [7, 11) is 0. The second-order valence-electron chi connectivity index (χ2n) is 6.07. The van der Waals surface area contributed by atoms with E-state index in [1.807, 2.05) is 31.2 Å². The first-order valence-electron chi connectivity index (χ1n) is 7.47. The van der Waals surface area contributed by atoms with Gasteiger partial charge in [-0.3, -0.25) is 9.59 Å². The van der Waals surface area contributed by atoms with Crippen molar-refractivity contribution in [1.82, 2.24) is 4.90 Å². The normalized spacial score (nSPS) is 29.7. The lowest BCUT2D eigenvalue weighted by molar-refractivity contribution is -0.175. The molecule has 6 heteroatoms. The number of primary amides is 1. The molecular formula is C16H20N2O4. The molecule has 3 atom stereocenters. The average molecular weight is 304 g/mol. The summed E-state index contributed by atoms with van der Waals surface area (Å²) in [5.41, 5.74) is 5.56. The fourth-order valence-corrected chi connectivity index (χ4v) is 3.61. The van der Waals surface area contributed by atoms with Gasteiger partial charge in [0, 0.05) is 25.5 Å². The van der Waals surface area contributed by atoms with E-state index in [-0.39, 0.29) is 18.4 Å². The van der Waals surface area contributed by atoms with Crippen LogP contribution in [0.15, 0.2) is 24.3 Å². The fraction of sp³-hybridized carbons (Fsp3) is 0.500. The van der Waals surface area contributed by atoms with Crippen molar-refractivity contribution in [1.29, 1.82) is 0 Å². The Bertz CT molecular complexity index is 618. The van der Waals surface area contributed by atoms with Gasteiger partial charge in [-0.05, 0) is 25.0 Å². The number of ether oxygens (including phenoxy) is 1. The first kappa shape index (κ1) is 14.8. The van der Waals surface area contributed by atoms with Crippen LogP contribution in [0.2, 0.25) is 0 Å². The molecule has 0 aromatic heterocycles. The lowest BCUT2D eigenvalue weighted by Gasteiger charge is -2.52. The van der Waals surface area contributed by atoms with Gasteiger partial charge in [-0.2, -0.15) is 0 Å². The molecule has 0 aliphatic carbocycles.